The maximum Gasteiger partial charge on any atom is 0.337 e. The Morgan fingerprint density at radius 1 is 1.19 bits per heavy atom. The Morgan fingerprint density at radius 3 is 2.31 bits per heavy atom. The van der Waals surface area contributed by atoms with Crippen molar-refractivity contribution in [1.82, 2.24) is 24.7 Å². The van der Waals surface area contributed by atoms with E-state index in [-0.39, 0.29) is 12.0 Å². The summed E-state index contributed by atoms with van der Waals surface area (Å²) in [5.41, 5.74) is 7.37. The monoisotopic (exact) mass is 220 g/mol. The molecule has 0 spiro atoms. The van der Waals surface area contributed by atoms with Crippen LogP contribution in [0.5, 0.6) is 6.01 Å². The summed E-state index contributed by atoms with van der Waals surface area (Å²) in [6, 6.07) is 2.06. The molecule has 0 amide bonds. The number of rotatable bonds is 2. The summed E-state index contributed by atoms with van der Waals surface area (Å²) in [4.78, 5) is 12.3. The first kappa shape index (κ1) is 10.3. The topological polar surface area (TPSA) is 91.7 Å². The average Bonchev–Trinajstić information content (AvgIpc) is 2.58. The molecule has 0 unspecified atom stereocenters. The molecule has 16 heavy (non-hydrogen) atoms. The van der Waals surface area contributed by atoms with Gasteiger partial charge in [0.2, 0.25) is 5.95 Å². The first-order valence-electron chi connectivity index (χ1n) is 4.69. The van der Waals surface area contributed by atoms with Crippen molar-refractivity contribution < 1.29 is 4.74 Å². The van der Waals surface area contributed by atoms with Crippen molar-refractivity contribution in [2.75, 3.05) is 12.8 Å². The first-order chi connectivity index (χ1) is 7.60. The molecular formula is C9H12N6O. The average molecular weight is 220 g/mol. The summed E-state index contributed by atoms with van der Waals surface area (Å²) >= 11 is 0. The van der Waals surface area contributed by atoms with Crippen molar-refractivity contribution in [1.29, 1.82) is 0 Å². The van der Waals surface area contributed by atoms with Gasteiger partial charge in [-0.1, -0.05) is 0 Å². The second kappa shape index (κ2) is 3.76. The van der Waals surface area contributed by atoms with Gasteiger partial charge in [-0.3, -0.25) is 0 Å². The minimum absolute atomic E-state index is 0.195. The fraction of sp³-hybridized carbons (Fsp3) is 0.333. The Labute approximate surface area is 92.3 Å². The van der Waals surface area contributed by atoms with Crippen molar-refractivity contribution in [3.05, 3.63) is 17.5 Å². The van der Waals surface area contributed by atoms with Gasteiger partial charge < -0.3 is 10.5 Å². The zero-order chi connectivity index (χ0) is 11.7. The molecule has 0 aliphatic rings. The van der Waals surface area contributed by atoms with E-state index >= 15 is 0 Å². The second-order valence-electron chi connectivity index (χ2n) is 3.32. The highest BCUT2D eigenvalue weighted by molar-refractivity contribution is 5.29. The summed E-state index contributed by atoms with van der Waals surface area (Å²) in [6.45, 7) is 3.76. The summed E-state index contributed by atoms with van der Waals surface area (Å²) in [6.07, 6.45) is 0. The molecule has 7 heteroatoms. The van der Waals surface area contributed by atoms with Gasteiger partial charge in [0.05, 0.1) is 7.11 Å². The molecule has 2 heterocycles. The van der Waals surface area contributed by atoms with Crippen molar-refractivity contribution in [3.8, 4) is 12.0 Å². The van der Waals surface area contributed by atoms with E-state index < -0.39 is 0 Å². The van der Waals surface area contributed by atoms with E-state index in [1.165, 1.54) is 11.8 Å². The molecular weight excluding hydrogens is 208 g/mol. The Kier molecular flexibility index (Phi) is 2.43. The number of aromatic nitrogens is 5. The smallest absolute Gasteiger partial charge is 0.337 e. The number of ether oxygens (including phenoxy) is 1. The van der Waals surface area contributed by atoms with Crippen LogP contribution >= 0.6 is 0 Å². The van der Waals surface area contributed by atoms with Crippen LogP contribution < -0.4 is 10.5 Å². The van der Waals surface area contributed by atoms with Crippen LogP contribution in [0.15, 0.2) is 6.07 Å². The van der Waals surface area contributed by atoms with Gasteiger partial charge in [0.25, 0.3) is 5.95 Å². The third-order valence-electron chi connectivity index (χ3n) is 1.96. The third kappa shape index (κ3) is 1.79. The van der Waals surface area contributed by atoms with Crippen molar-refractivity contribution in [2.24, 2.45) is 0 Å². The van der Waals surface area contributed by atoms with E-state index in [0.29, 0.717) is 5.95 Å². The Morgan fingerprint density at radius 2 is 1.81 bits per heavy atom. The third-order valence-corrected chi connectivity index (χ3v) is 1.96. The first-order valence-corrected chi connectivity index (χ1v) is 4.69. The molecule has 0 aliphatic carbocycles. The number of nitrogens with zero attached hydrogens (tertiary/aromatic N) is 5. The minimum atomic E-state index is 0.195. The lowest BCUT2D eigenvalue weighted by Gasteiger charge is -2.02. The number of aryl methyl sites for hydroxylation is 2. The predicted molar refractivity (Wildman–Crippen MR) is 57.4 cm³/mol. The van der Waals surface area contributed by atoms with E-state index in [2.05, 4.69) is 20.1 Å². The molecule has 0 bridgehead atoms. The van der Waals surface area contributed by atoms with E-state index in [0.717, 1.165) is 11.4 Å². The largest absolute Gasteiger partial charge is 0.466 e. The maximum absolute atomic E-state index is 5.68. The van der Waals surface area contributed by atoms with E-state index in [1.54, 1.807) is 0 Å². The summed E-state index contributed by atoms with van der Waals surface area (Å²) in [7, 11) is 1.47. The molecule has 2 aromatic rings. The molecule has 2 N–H and O–H groups in total. The Balaban J connectivity index is 2.53. The summed E-state index contributed by atoms with van der Waals surface area (Å²) < 4.78 is 6.23. The van der Waals surface area contributed by atoms with Crippen LogP contribution in [0.25, 0.3) is 5.95 Å². The zero-order valence-corrected chi connectivity index (χ0v) is 9.30. The summed E-state index contributed by atoms with van der Waals surface area (Å²) in [5, 5.41) is 4.01. The zero-order valence-electron chi connectivity index (χ0n) is 9.30. The molecule has 0 saturated heterocycles. The minimum Gasteiger partial charge on any atom is -0.466 e. The van der Waals surface area contributed by atoms with Crippen LogP contribution in [-0.2, 0) is 0 Å². The van der Waals surface area contributed by atoms with Crippen molar-refractivity contribution in [3.63, 3.8) is 0 Å². The molecule has 2 aromatic heterocycles. The van der Waals surface area contributed by atoms with E-state index in [9.17, 15) is 0 Å². The molecule has 0 aliphatic heterocycles. The highest BCUT2D eigenvalue weighted by Gasteiger charge is 2.11. The molecule has 0 radical (unpaired) electrons. The fourth-order valence-electron chi connectivity index (χ4n) is 1.34. The Bertz CT molecular complexity index is 500. The highest BCUT2D eigenvalue weighted by atomic mass is 16.5. The number of hydrogen-bond acceptors (Lipinski definition) is 6. The molecule has 84 valence electrons. The van der Waals surface area contributed by atoms with Crippen LogP contribution in [0.3, 0.4) is 0 Å². The number of anilines is 1. The molecule has 7 nitrogen and oxygen atoms in total. The molecule has 2 rings (SSSR count). The van der Waals surface area contributed by atoms with Crippen LogP contribution in [-0.4, -0.2) is 31.8 Å². The number of nitrogens with two attached hydrogens (primary N) is 1. The molecule has 0 fully saturated rings. The van der Waals surface area contributed by atoms with Gasteiger partial charge in [-0.05, 0) is 19.9 Å². The quantitative estimate of drug-likeness (QED) is 0.780. The molecule has 0 atom stereocenters. The predicted octanol–water partition coefficient (Wildman–Crippen LogP) is 0.265. The van der Waals surface area contributed by atoms with Gasteiger partial charge in [0.15, 0.2) is 0 Å². The maximum atomic E-state index is 5.68. The van der Waals surface area contributed by atoms with Crippen LogP contribution in [0.4, 0.5) is 5.95 Å². The SMILES string of the molecule is COc1nc(N)n(-c2nc(C)cc(C)n2)n1. The lowest BCUT2D eigenvalue weighted by atomic mass is 10.4. The van der Waals surface area contributed by atoms with Crippen LogP contribution in [0.2, 0.25) is 0 Å². The standard InChI is InChI=1S/C9H12N6O/c1-5-4-6(2)12-8(11-5)15-7(10)13-9(14-15)16-3/h4H,1-3H3,(H2,10,13,14). The van der Waals surface area contributed by atoms with E-state index in [4.69, 9.17) is 10.5 Å². The lowest BCUT2D eigenvalue weighted by Crippen LogP contribution is -2.08. The number of hydrogen-bond donors (Lipinski definition) is 1. The number of nitrogen functional groups attached to an aromatic ring is 1. The second-order valence-corrected chi connectivity index (χ2v) is 3.32. The Hall–Kier alpha value is -2.18. The summed E-state index contributed by atoms with van der Waals surface area (Å²) in [5.74, 6) is 0.590. The fourth-order valence-corrected chi connectivity index (χ4v) is 1.34. The van der Waals surface area contributed by atoms with Gasteiger partial charge in [-0.15, -0.1) is 5.10 Å². The van der Waals surface area contributed by atoms with Crippen molar-refractivity contribution in [2.45, 2.75) is 13.8 Å². The van der Waals surface area contributed by atoms with Crippen molar-refractivity contribution >= 4 is 5.95 Å². The highest BCUT2D eigenvalue weighted by Crippen LogP contribution is 2.12. The van der Waals surface area contributed by atoms with Gasteiger partial charge >= 0.3 is 6.01 Å². The van der Waals surface area contributed by atoms with Gasteiger partial charge in [-0.25, -0.2) is 9.97 Å². The lowest BCUT2D eigenvalue weighted by molar-refractivity contribution is 0.379. The molecule has 0 saturated carbocycles. The normalized spacial score (nSPS) is 10.4. The van der Waals surface area contributed by atoms with Gasteiger partial charge in [0.1, 0.15) is 0 Å². The van der Waals surface area contributed by atoms with Gasteiger partial charge in [0, 0.05) is 11.4 Å². The van der Waals surface area contributed by atoms with E-state index in [1.807, 2.05) is 19.9 Å². The number of methoxy groups -OCH3 is 1. The van der Waals surface area contributed by atoms with Crippen LogP contribution in [0.1, 0.15) is 11.4 Å². The van der Waals surface area contributed by atoms with Gasteiger partial charge in [-0.2, -0.15) is 9.67 Å². The molecule has 0 aromatic carbocycles. The van der Waals surface area contributed by atoms with Crippen LogP contribution in [0, 0.1) is 13.8 Å².